The number of hydrogen-bond acceptors (Lipinski definition) is 5. The van der Waals surface area contributed by atoms with E-state index in [1.165, 1.54) is 11.3 Å². The Hall–Kier alpha value is -1.24. The lowest BCUT2D eigenvalue weighted by molar-refractivity contribution is 0.142. The van der Waals surface area contributed by atoms with E-state index in [1.54, 1.807) is 0 Å². The van der Waals surface area contributed by atoms with Crippen molar-refractivity contribution in [2.75, 3.05) is 13.1 Å². The third kappa shape index (κ3) is 2.63. The van der Waals surface area contributed by atoms with Crippen molar-refractivity contribution in [1.29, 1.82) is 0 Å². The Morgan fingerprint density at radius 2 is 2.45 bits per heavy atom. The first kappa shape index (κ1) is 13.7. The van der Waals surface area contributed by atoms with Crippen LogP contribution in [0, 0.1) is 5.92 Å². The zero-order valence-corrected chi connectivity index (χ0v) is 12.4. The summed E-state index contributed by atoms with van der Waals surface area (Å²) < 4.78 is 0.709. The Kier molecular flexibility index (Phi) is 3.87. The Balaban J connectivity index is 1.77. The van der Waals surface area contributed by atoms with Gasteiger partial charge in [-0.25, -0.2) is 4.98 Å². The first-order valence-corrected chi connectivity index (χ1v) is 7.99. The lowest BCUT2D eigenvalue weighted by atomic mass is 9.91. The SMILES string of the molecule is CCC1CN(Cc2nc3ccsc3c(=O)[nH]2)CCC1N. The van der Waals surface area contributed by atoms with Gasteiger partial charge in [0.2, 0.25) is 0 Å². The summed E-state index contributed by atoms with van der Waals surface area (Å²) in [4.78, 5) is 21.7. The molecule has 3 N–H and O–H groups in total. The van der Waals surface area contributed by atoms with Crippen molar-refractivity contribution in [2.24, 2.45) is 11.7 Å². The first-order valence-electron chi connectivity index (χ1n) is 7.11. The molecule has 0 saturated carbocycles. The van der Waals surface area contributed by atoms with Gasteiger partial charge in [-0.2, -0.15) is 0 Å². The Morgan fingerprint density at radius 3 is 3.25 bits per heavy atom. The molecule has 1 saturated heterocycles. The zero-order chi connectivity index (χ0) is 14.1. The maximum atomic E-state index is 12.0. The molecule has 5 nitrogen and oxygen atoms in total. The number of nitrogens with zero attached hydrogens (tertiary/aromatic N) is 2. The topological polar surface area (TPSA) is 75.0 Å². The van der Waals surface area contributed by atoms with Crippen LogP contribution in [0.2, 0.25) is 0 Å². The monoisotopic (exact) mass is 292 g/mol. The number of H-pyrrole nitrogens is 1. The second-order valence-corrected chi connectivity index (χ2v) is 6.42. The van der Waals surface area contributed by atoms with E-state index in [9.17, 15) is 4.79 Å². The van der Waals surface area contributed by atoms with Crippen LogP contribution >= 0.6 is 11.3 Å². The molecule has 0 bridgehead atoms. The molecular weight excluding hydrogens is 272 g/mol. The summed E-state index contributed by atoms with van der Waals surface area (Å²) in [6, 6.07) is 2.21. The maximum absolute atomic E-state index is 12.0. The fourth-order valence-electron chi connectivity index (χ4n) is 2.91. The van der Waals surface area contributed by atoms with E-state index in [0.717, 1.165) is 37.3 Å². The van der Waals surface area contributed by atoms with E-state index < -0.39 is 0 Å². The van der Waals surface area contributed by atoms with Gasteiger partial charge in [-0.15, -0.1) is 11.3 Å². The molecule has 0 aromatic carbocycles. The molecule has 2 aromatic heterocycles. The van der Waals surface area contributed by atoms with Gasteiger partial charge in [0.25, 0.3) is 5.56 Å². The fraction of sp³-hybridized carbons (Fsp3) is 0.571. The van der Waals surface area contributed by atoms with Gasteiger partial charge in [0, 0.05) is 19.1 Å². The zero-order valence-electron chi connectivity index (χ0n) is 11.6. The molecule has 6 heteroatoms. The summed E-state index contributed by atoms with van der Waals surface area (Å²) in [7, 11) is 0. The number of hydrogen-bond donors (Lipinski definition) is 2. The number of aromatic nitrogens is 2. The summed E-state index contributed by atoms with van der Waals surface area (Å²) in [6.07, 6.45) is 2.12. The number of aromatic amines is 1. The second-order valence-electron chi connectivity index (χ2n) is 5.50. The minimum Gasteiger partial charge on any atom is -0.327 e. The lowest BCUT2D eigenvalue weighted by Crippen LogP contribution is -2.46. The third-order valence-corrected chi connectivity index (χ3v) is 5.04. The molecule has 20 heavy (non-hydrogen) atoms. The van der Waals surface area contributed by atoms with Crippen LogP contribution in [-0.2, 0) is 6.54 Å². The van der Waals surface area contributed by atoms with E-state index in [2.05, 4.69) is 21.8 Å². The average molecular weight is 292 g/mol. The predicted molar refractivity (Wildman–Crippen MR) is 81.9 cm³/mol. The lowest BCUT2D eigenvalue weighted by Gasteiger charge is -2.36. The van der Waals surface area contributed by atoms with Crippen LogP contribution in [0.15, 0.2) is 16.2 Å². The molecule has 2 aromatic rings. The van der Waals surface area contributed by atoms with Crippen molar-refractivity contribution < 1.29 is 0 Å². The highest BCUT2D eigenvalue weighted by atomic mass is 32.1. The summed E-state index contributed by atoms with van der Waals surface area (Å²) in [5.41, 5.74) is 6.90. The number of thiophene rings is 1. The van der Waals surface area contributed by atoms with Crippen molar-refractivity contribution in [3.8, 4) is 0 Å². The van der Waals surface area contributed by atoms with Crippen molar-refractivity contribution in [3.05, 3.63) is 27.6 Å². The van der Waals surface area contributed by atoms with Crippen molar-refractivity contribution >= 4 is 21.6 Å². The van der Waals surface area contributed by atoms with E-state index in [4.69, 9.17) is 5.73 Å². The largest absolute Gasteiger partial charge is 0.327 e. The molecule has 3 rings (SSSR count). The molecule has 108 valence electrons. The van der Waals surface area contributed by atoms with Crippen LogP contribution in [-0.4, -0.2) is 34.0 Å². The summed E-state index contributed by atoms with van der Waals surface area (Å²) in [6.45, 7) is 4.85. The van der Waals surface area contributed by atoms with Crippen molar-refractivity contribution in [3.63, 3.8) is 0 Å². The van der Waals surface area contributed by atoms with Crippen LogP contribution in [0.5, 0.6) is 0 Å². The van der Waals surface area contributed by atoms with Gasteiger partial charge >= 0.3 is 0 Å². The van der Waals surface area contributed by atoms with E-state index in [1.807, 2.05) is 11.4 Å². The van der Waals surface area contributed by atoms with Gasteiger partial charge in [0.05, 0.1) is 12.1 Å². The first-order chi connectivity index (χ1) is 9.67. The van der Waals surface area contributed by atoms with Gasteiger partial charge in [-0.1, -0.05) is 13.3 Å². The molecule has 2 atom stereocenters. The van der Waals surface area contributed by atoms with Crippen molar-refractivity contribution in [1.82, 2.24) is 14.9 Å². The highest BCUT2D eigenvalue weighted by molar-refractivity contribution is 7.17. The molecule has 0 amide bonds. The van der Waals surface area contributed by atoms with Crippen LogP contribution in [0.3, 0.4) is 0 Å². The summed E-state index contributed by atoms with van der Waals surface area (Å²) in [5.74, 6) is 1.30. The molecular formula is C14H20N4OS. The standard InChI is InChI=1S/C14H20N4OS/c1-2-9-7-18(5-3-10(9)15)8-12-16-11-4-6-20-13(11)14(19)17-12/h4,6,9-10H,2-3,5,7-8,15H2,1H3,(H,16,17,19). The van der Waals surface area contributed by atoms with E-state index in [-0.39, 0.29) is 5.56 Å². The van der Waals surface area contributed by atoms with Crippen LogP contribution in [0.1, 0.15) is 25.6 Å². The predicted octanol–water partition coefficient (Wildman–Crippen LogP) is 1.54. The molecule has 1 fully saturated rings. The molecule has 1 aliphatic rings. The van der Waals surface area contributed by atoms with E-state index >= 15 is 0 Å². The molecule has 1 aliphatic heterocycles. The van der Waals surface area contributed by atoms with Gasteiger partial charge in [-0.05, 0) is 23.8 Å². The summed E-state index contributed by atoms with van der Waals surface area (Å²) >= 11 is 1.44. The number of fused-ring (bicyclic) bond motifs is 1. The number of piperidine rings is 1. The minimum atomic E-state index is -0.0271. The van der Waals surface area contributed by atoms with Gasteiger partial charge in [0.15, 0.2) is 0 Å². The molecule has 0 radical (unpaired) electrons. The molecule has 2 unspecified atom stereocenters. The second kappa shape index (κ2) is 5.63. The van der Waals surface area contributed by atoms with Crippen LogP contribution < -0.4 is 11.3 Å². The number of likely N-dealkylation sites (tertiary alicyclic amines) is 1. The van der Waals surface area contributed by atoms with E-state index in [0.29, 0.717) is 23.2 Å². The molecule has 0 spiro atoms. The quantitative estimate of drug-likeness (QED) is 0.900. The Labute approximate surface area is 121 Å². The molecule has 3 heterocycles. The van der Waals surface area contributed by atoms with Crippen LogP contribution in [0.4, 0.5) is 0 Å². The number of rotatable bonds is 3. The maximum Gasteiger partial charge on any atom is 0.268 e. The third-order valence-electron chi connectivity index (χ3n) is 4.14. The average Bonchev–Trinajstić information content (AvgIpc) is 2.90. The Bertz CT molecular complexity index is 650. The minimum absolute atomic E-state index is 0.0271. The van der Waals surface area contributed by atoms with Crippen LogP contribution in [0.25, 0.3) is 10.2 Å². The normalized spacial score (nSPS) is 24.3. The fourth-order valence-corrected chi connectivity index (χ4v) is 3.63. The highest BCUT2D eigenvalue weighted by Gasteiger charge is 2.25. The smallest absolute Gasteiger partial charge is 0.268 e. The Morgan fingerprint density at radius 1 is 1.60 bits per heavy atom. The number of nitrogens with one attached hydrogen (secondary N) is 1. The van der Waals surface area contributed by atoms with Gasteiger partial charge in [-0.3, -0.25) is 9.69 Å². The number of nitrogens with two attached hydrogens (primary N) is 1. The molecule has 0 aliphatic carbocycles. The highest BCUT2D eigenvalue weighted by Crippen LogP contribution is 2.20. The summed E-state index contributed by atoms with van der Waals surface area (Å²) in [5, 5.41) is 1.91. The van der Waals surface area contributed by atoms with Gasteiger partial charge < -0.3 is 10.7 Å². The van der Waals surface area contributed by atoms with Crippen molar-refractivity contribution in [2.45, 2.75) is 32.4 Å². The van der Waals surface area contributed by atoms with Gasteiger partial charge in [0.1, 0.15) is 10.5 Å².